The van der Waals surface area contributed by atoms with Crippen molar-refractivity contribution < 1.29 is 50.0 Å². The average molecular weight is 651 g/mol. The molecule has 0 aromatic carbocycles. The highest BCUT2D eigenvalue weighted by atomic mass is 16.7. The number of rotatable bonds is 3. The summed E-state index contributed by atoms with van der Waals surface area (Å²) in [5.74, 6) is -0.787. The van der Waals surface area contributed by atoms with E-state index in [4.69, 9.17) is 9.47 Å². The molecule has 0 aromatic rings. The zero-order valence-corrected chi connectivity index (χ0v) is 28.6. The normalized spacial score (nSPS) is 56.4. The predicted octanol–water partition coefficient (Wildman–Crippen LogP) is 2.43. The summed E-state index contributed by atoms with van der Waals surface area (Å²) in [7, 11) is 0. The molecule has 6 aliphatic rings. The Labute approximate surface area is 273 Å². The van der Waals surface area contributed by atoms with Crippen LogP contribution in [0.15, 0.2) is 11.6 Å². The van der Waals surface area contributed by atoms with Gasteiger partial charge in [0.15, 0.2) is 0 Å². The predicted molar refractivity (Wildman–Crippen MR) is 168 cm³/mol. The van der Waals surface area contributed by atoms with Crippen LogP contribution in [0.2, 0.25) is 0 Å². The number of allylic oxidation sites excluding steroid dienone is 1. The maximum atomic E-state index is 14.5. The van der Waals surface area contributed by atoms with E-state index in [9.17, 15) is 40.5 Å². The number of esters is 1. The first-order chi connectivity index (χ1) is 21.2. The third-order valence-electron chi connectivity index (χ3n) is 15.5. The van der Waals surface area contributed by atoms with Crippen molar-refractivity contribution in [3.05, 3.63) is 11.6 Å². The zero-order valence-electron chi connectivity index (χ0n) is 28.6. The molecule has 16 atom stereocenters. The summed E-state index contributed by atoms with van der Waals surface area (Å²) < 4.78 is 11.5. The number of aliphatic hydroxyl groups excluding tert-OH is 6. The molecule has 0 aromatic heterocycles. The van der Waals surface area contributed by atoms with Crippen molar-refractivity contribution in [1.82, 2.24) is 0 Å². The molecule has 1 unspecified atom stereocenters. The Kier molecular flexibility index (Phi) is 8.27. The van der Waals surface area contributed by atoms with E-state index in [-0.39, 0.29) is 34.0 Å². The van der Waals surface area contributed by atoms with Gasteiger partial charge in [-0.1, -0.05) is 53.2 Å². The maximum absolute atomic E-state index is 14.5. The Morgan fingerprint density at radius 3 is 2.24 bits per heavy atom. The lowest BCUT2D eigenvalue weighted by atomic mass is 9.33. The van der Waals surface area contributed by atoms with Crippen LogP contribution in [0.5, 0.6) is 0 Å². The molecule has 0 spiro atoms. The molecule has 0 radical (unpaired) electrons. The number of carbonyl (C=O) groups excluding carboxylic acids is 1. The van der Waals surface area contributed by atoms with Crippen LogP contribution in [0, 0.1) is 50.7 Å². The number of carbonyl (C=O) groups is 1. The second kappa shape index (κ2) is 10.9. The van der Waals surface area contributed by atoms with Gasteiger partial charge in [-0.3, -0.25) is 4.79 Å². The molecule has 4 saturated carbocycles. The lowest BCUT2D eigenvalue weighted by Gasteiger charge is -2.72. The minimum Gasteiger partial charge on any atom is -0.432 e. The van der Waals surface area contributed by atoms with E-state index in [1.165, 1.54) is 0 Å². The molecule has 0 bridgehead atoms. The lowest BCUT2D eigenvalue weighted by molar-refractivity contribution is -0.299. The Bertz CT molecular complexity index is 1250. The summed E-state index contributed by atoms with van der Waals surface area (Å²) in [5, 5.41) is 75.6. The van der Waals surface area contributed by atoms with Crippen molar-refractivity contribution in [2.45, 2.75) is 148 Å². The summed E-state index contributed by atoms with van der Waals surface area (Å²) >= 11 is 0. The van der Waals surface area contributed by atoms with Crippen LogP contribution in [0.25, 0.3) is 0 Å². The molecule has 7 N–H and O–H groups in total. The Morgan fingerprint density at radius 2 is 1.59 bits per heavy atom. The van der Waals surface area contributed by atoms with E-state index in [1.54, 1.807) is 0 Å². The molecule has 46 heavy (non-hydrogen) atoms. The van der Waals surface area contributed by atoms with Gasteiger partial charge in [0.05, 0.1) is 29.8 Å². The smallest absolute Gasteiger partial charge is 0.315 e. The molecule has 5 aliphatic carbocycles. The molecule has 10 nitrogen and oxygen atoms in total. The topological polar surface area (TPSA) is 177 Å². The SMILES string of the molecule is C[C@@H]1CC[C@]2(C(=O)O[C@@H]3O[C@H](CO)[C@@H](O)[C@H](O)[C@H]3O)CC[C@]3(C)C(=CC[C@@H]4[C@@]5(C)C[C@@H](O)[C@@H](O)C(C)(C)C5CC[C@]43C)[C@@H]2[C@]1(C)O. The molecular weight excluding hydrogens is 592 g/mol. The molecule has 262 valence electrons. The number of ether oxygens (including phenoxy) is 2. The lowest BCUT2D eigenvalue weighted by Crippen LogP contribution is -2.69. The van der Waals surface area contributed by atoms with Crippen LogP contribution in [0.1, 0.15) is 99.8 Å². The highest BCUT2D eigenvalue weighted by Crippen LogP contribution is 2.76. The van der Waals surface area contributed by atoms with E-state index < -0.39 is 77.8 Å². The largest absolute Gasteiger partial charge is 0.432 e. The van der Waals surface area contributed by atoms with Gasteiger partial charge in [-0.15, -0.1) is 0 Å². The fourth-order valence-electron chi connectivity index (χ4n) is 12.4. The van der Waals surface area contributed by atoms with E-state index in [0.717, 1.165) is 24.8 Å². The first kappa shape index (κ1) is 34.7. The molecule has 6 rings (SSSR count). The average Bonchev–Trinajstić information content (AvgIpc) is 2.98. The summed E-state index contributed by atoms with van der Waals surface area (Å²) in [4.78, 5) is 14.5. The number of aliphatic hydroxyl groups is 7. The first-order valence-corrected chi connectivity index (χ1v) is 17.5. The molecule has 10 heteroatoms. The van der Waals surface area contributed by atoms with Gasteiger partial charge < -0.3 is 45.2 Å². The summed E-state index contributed by atoms with van der Waals surface area (Å²) in [6.45, 7) is 14.4. The standard InChI is InChI=1S/C36H58O10/c1-18-10-13-36(30(43)46-29-26(41)25(40)24(39)21(17-37)45-29)15-14-33(5)19(27(36)35(18,7)44)8-9-23-32(4)16-20(38)28(42)31(2,3)22(32)11-12-34(23,33)6/h8,18,20-29,37-42,44H,9-17H2,1-7H3/t18-,20-,21-,22?,23-,24-,25+,26-,27-,28-,29+,32+,33-,34-,35-,36+/m1/s1. The fraction of sp³-hybridized carbons (Fsp3) is 0.917. The van der Waals surface area contributed by atoms with Crippen molar-refractivity contribution in [3.63, 3.8) is 0 Å². The van der Waals surface area contributed by atoms with Gasteiger partial charge in [-0.05, 0) is 97.7 Å². The second-order valence-corrected chi connectivity index (χ2v) is 17.7. The van der Waals surface area contributed by atoms with Gasteiger partial charge in [0.1, 0.15) is 24.4 Å². The monoisotopic (exact) mass is 650 g/mol. The van der Waals surface area contributed by atoms with Crippen molar-refractivity contribution in [3.8, 4) is 0 Å². The summed E-state index contributed by atoms with van der Waals surface area (Å²) in [5.41, 5.74) is -2.44. The minimum absolute atomic E-state index is 0.0940. The Hall–Kier alpha value is -1.11. The quantitative estimate of drug-likeness (QED) is 0.177. The molecule has 1 aliphatic heterocycles. The van der Waals surface area contributed by atoms with Crippen LogP contribution in [0.4, 0.5) is 0 Å². The van der Waals surface area contributed by atoms with E-state index in [0.29, 0.717) is 32.1 Å². The van der Waals surface area contributed by atoms with Crippen LogP contribution >= 0.6 is 0 Å². The van der Waals surface area contributed by atoms with E-state index in [2.05, 4.69) is 40.7 Å². The van der Waals surface area contributed by atoms with Gasteiger partial charge >= 0.3 is 5.97 Å². The fourth-order valence-corrected chi connectivity index (χ4v) is 12.4. The van der Waals surface area contributed by atoms with Gasteiger partial charge in [0.2, 0.25) is 6.29 Å². The molecular formula is C36H58O10. The van der Waals surface area contributed by atoms with E-state index in [1.807, 2.05) is 13.8 Å². The third kappa shape index (κ3) is 4.39. The number of hydrogen-bond donors (Lipinski definition) is 7. The van der Waals surface area contributed by atoms with Gasteiger partial charge in [0.25, 0.3) is 0 Å². The molecule has 1 saturated heterocycles. The van der Waals surface area contributed by atoms with Gasteiger partial charge in [-0.25, -0.2) is 0 Å². The van der Waals surface area contributed by atoms with Crippen molar-refractivity contribution >= 4 is 5.97 Å². The highest BCUT2D eigenvalue weighted by Gasteiger charge is 2.72. The second-order valence-electron chi connectivity index (χ2n) is 17.7. The van der Waals surface area contributed by atoms with Crippen molar-refractivity contribution in [1.29, 1.82) is 0 Å². The van der Waals surface area contributed by atoms with Crippen LogP contribution in [-0.4, -0.2) is 96.8 Å². The van der Waals surface area contributed by atoms with Crippen molar-refractivity contribution in [2.24, 2.45) is 50.7 Å². The maximum Gasteiger partial charge on any atom is 0.315 e. The summed E-state index contributed by atoms with van der Waals surface area (Å²) in [6.07, 6.45) is -1.65. The molecule has 0 amide bonds. The third-order valence-corrected chi connectivity index (χ3v) is 15.5. The molecule has 5 fully saturated rings. The minimum atomic E-state index is -1.70. The Morgan fingerprint density at radius 1 is 0.913 bits per heavy atom. The summed E-state index contributed by atoms with van der Waals surface area (Å²) in [6, 6.07) is 0. The van der Waals surface area contributed by atoms with Crippen LogP contribution in [-0.2, 0) is 14.3 Å². The highest BCUT2D eigenvalue weighted by molar-refractivity contribution is 5.79. The van der Waals surface area contributed by atoms with Crippen LogP contribution in [0.3, 0.4) is 0 Å². The van der Waals surface area contributed by atoms with E-state index >= 15 is 0 Å². The van der Waals surface area contributed by atoms with Crippen LogP contribution < -0.4 is 0 Å². The van der Waals surface area contributed by atoms with Gasteiger partial charge in [-0.2, -0.15) is 0 Å². The van der Waals surface area contributed by atoms with Gasteiger partial charge in [0, 0.05) is 5.92 Å². The number of fused-ring (bicyclic) bond motifs is 7. The zero-order chi connectivity index (χ0) is 34.0. The number of hydrogen-bond acceptors (Lipinski definition) is 10. The Balaban J connectivity index is 1.39. The molecule has 1 heterocycles. The van der Waals surface area contributed by atoms with Crippen molar-refractivity contribution in [2.75, 3.05) is 6.61 Å². The first-order valence-electron chi connectivity index (χ1n) is 17.5.